The highest BCUT2D eigenvalue weighted by Crippen LogP contribution is 2.04. The zero-order valence-corrected chi connectivity index (χ0v) is 5.78. The first kappa shape index (κ1) is 8.88. The molecule has 56 valence electrons. The van der Waals surface area contributed by atoms with Gasteiger partial charge in [0, 0.05) is 0 Å². The molecule has 2 atom stereocenters. The fourth-order valence-corrected chi connectivity index (χ4v) is 0.552. The van der Waals surface area contributed by atoms with Gasteiger partial charge in [-0.15, -0.1) is 0 Å². The molecule has 0 radical (unpaired) electrons. The first-order valence-electron chi connectivity index (χ1n) is 3.06. The molecule has 0 aromatic heterocycles. The van der Waals surface area contributed by atoms with Crippen molar-refractivity contribution < 1.29 is 15.3 Å². The van der Waals surface area contributed by atoms with Gasteiger partial charge in [0.05, 0.1) is 12.7 Å². The summed E-state index contributed by atoms with van der Waals surface area (Å²) in [6.07, 6.45) is -1.81. The minimum Gasteiger partial charge on any atom is -0.394 e. The topological polar surface area (TPSA) is 60.7 Å². The maximum Gasteiger partial charge on any atom is 0.103 e. The summed E-state index contributed by atoms with van der Waals surface area (Å²) < 4.78 is 0. The van der Waals surface area contributed by atoms with E-state index in [0.29, 0.717) is 0 Å². The average molecular weight is 134 g/mol. The molecule has 0 fully saturated rings. The van der Waals surface area contributed by atoms with Gasteiger partial charge in [-0.05, 0) is 5.92 Å². The predicted octanol–water partition coefficient (Wildman–Crippen LogP) is -0.643. The quantitative estimate of drug-likeness (QED) is 0.481. The van der Waals surface area contributed by atoms with Gasteiger partial charge in [0.15, 0.2) is 0 Å². The average Bonchev–Trinajstić information content (AvgIpc) is 1.84. The molecule has 3 nitrogen and oxygen atoms in total. The monoisotopic (exact) mass is 134 g/mol. The Morgan fingerprint density at radius 1 is 1.22 bits per heavy atom. The maximum atomic E-state index is 8.98. The van der Waals surface area contributed by atoms with Gasteiger partial charge in [0.25, 0.3) is 0 Å². The normalized spacial score (nSPS) is 18.0. The zero-order valence-electron chi connectivity index (χ0n) is 5.78. The molecule has 0 aliphatic heterocycles. The molecule has 0 saturated carbocycles. The minimum absolute atomic E-state index is 0.00727. The van der Waals surface area contributed by atoms with E-state index in [1.165, 1.54) is 0 Å². The van der Waals surface area contributed by atoms with Crippen molar-refractivity contribution >= 4 is 0 Å². The third-order valence-electron chi connectivity index (χ3n) is 1.26. The van der Waals surface area contributed by atoms with Crippen LogP contribution >= 0.6 is 0 Å². The Morgan fingerprint density at radius 3 is 1.78 bits per heavy atom. The first-order valence-corrected chi connectivity index (χ1v) is 3.06. The van der Waals surface area contributed by atoms with Crippen molar-refractivity contribution in [2.45, 2.75) is 26.1 Å². The zero-order chi connectivity index (χ0) is 7.44. The van der Waals surface area contributed by atoms with E-state index in [0.717, 1.165) is 0 Å². The molecule has 0 bridgehead atoms. The van der Waals surface area contributed by atoms with Gasteiger partial charge in [-0.1, -0.05) is 13.8 Å². The third kappa shape index (κ3) is 2.79. The molecule has 9 heavy (non-hydrogen) atoms. The summed E-state index contributed by atoms with van der Waals surface area (Å²) in [5.74, 6) is -0.00727. The van der Waals surface area contributed by atoms with E-state index in [1.807, 2.05) is 0 Å². The Bertz CT molecular complexity index is 72.7. The molecule has 3 N–H and O–H groups in total. The lowest BCUT2D eigenvalue weighted by atomic mass is 10.0. The van der Waals surface area contributed by atoms with Crippen LogP contribution in [-0.4, -0.2) is 34.1 Å². The number of aliphatic hydroxyl groups excluding tert-OH is 3. The molecule has 0 spiro atoms. The van der Waals surface area contributed by atoms with Crippen LogP contribution < -0.4 is 0 Å². The molecular formula is C6H14O3. The van der Waals surface area contributed by atoms with E-state index in [4.69, 9.17) is 15.3 Å². The molecule has 0 amide bonds. The number of hydrogen-bond acceptors (Lipinski definition) is 3. The molecule has 0 saturated heterocycles. The van der Waals surface area contributed by atoms with Gasteiger partial charge >= 0.3 is 0 Å². The van der Waals surface area contributed by atoms with Gasteiger partial charge in [-0.2, -0.15) is 0 Å². The second kappa shape index (κ2) is 3.82. The van der Waals surface area contributed by atoms with E-state index < -0.39 is 12.2 Å². The second-order valence-corrected chi connectivity index (χ2v) is 2.48. The van der Waals surface area contributed by atoms with Gasteiger partial charge < -0.3 is 15.3 Å². The highest BCUT2D eigenvalue weighted by atomic mass is 16.4. The molecule has 0 aromatic rings. The molecule has 0 aliphatic rings. The van der Waals surface area contributed by atoms with Crippen LogP contribution in [0.3, 0.4) is 0 Å². The lowest BCUT2D eigenvalue weighted by molar-refractivity contribution is -0.0356. The summed E-state index contributed by atoms with van der Waals surface area (Å²) in [6.45, 7) is 3.19. The molecule has 2 unspecified atom stereocenters. The molecular weight excluding hydrogens is 120 g/mol. The molecule has 0 rings (SSSR count). The lowest BCUT2D eigenvalue weighted by Crippen LogP contribution is -2.33. The van der Waals surface area contributed by atoms with Crippen molar-refractivity contribution in [2.24, 2.45) is 5.92 Å². The van der Waals surface area contributed by atoms with Crippen molar-refractivity contribution in [3.8, 4) is 0 Å². The van der Waals surface area contributed by atoms with Crippen molar-refractivity contribution in [1.82, 2.24) is 0 Å². The Kier molecular flexibility index (Phi) is 3.77. The van der Waals surface area contributed by atoms with Crippen LogP contribution in [0, 0.1) is 5.92 Å². The number of hydrogen-bond donors (Lipinski definition) is 3. The third-order valence-corrected chi connectivity index (χ3v) is 1.26. The van der Waals surface area contributed by atoms with E-state index in [1.54, 1.807) is 13.8 Å². The summed E-state index contributed by atoms with van der Waals surface area (Å²) in [6, 6.07) is 0. The molecule has 0 aromatic carbocycles. The fraction of sp³-hybridized carbons (Fsp3) is 1.00. The van der Waals surface area contributed by atoms with Crippen LogP contribution in [0.2, 0.25) is 0 Å². The Morgan fingerprint density at radius 2 is 1.67 bits per heavy atom. The lowest BCUT2D eigenvalue weighted by Gasteiger charge is -2.18. The van der Waals surface area contributed by atoms with E-state index in [9.17, 15) is 0 Å². The maximum absolute atomic E-state index is 8.98. The van der Waals surface area contributed by atoms with Crippen molar-refractivity contribution in [3.63, 3.8) is 0 Å². The van der Waals surface area contributed by atoms with Gasteiger partial charge in [0.1, 0.15) is 6.10 Å². The van der Waals surface area contributed by atoms with E-state index in [-0.39, 0.29) is 12.5 Å². The van der Waals surface area contributed by atoms with Crippen LogP contribution in [-0.2, 0) is 0 Å². The van der Waals surface area contributed by atoms with Crippen LogP contribution in [0.15, 0.2) is 0 Å². The Balaban J connectivity index is 3.58. The van der Waals surface area contributed by atoms with Gasteiger partial charge in [0.2, 0.25) is 0 Å². The summed E-state index contributed by atoms with van der Waals surface area (Å²) in [4.78, 5) is 0. The highest BCUT2D eigenvalue weighted by molar-refractivity contribution is 4.68. The summed E-state index contributed by atoms with van der Waals surface area (Å²) in [5, 5.41) is 26.1. The summed E-state index contributed by atoms with van der Waals surface area (Å²) >= 11 is 0. The standard InChI is InChI=1S/C6H14O3/c1-4(2)6(9)5(8)3-7/h4-9H,3H2,1-2H3. The smallest absolute Gasteiger partial charge is 0.103 e. The molecule has 0 aliphatic carbocycles. The van der Waals surface area contributed by atoms with E-state index >= 15 is 0 Å². The second-order valence-electron chi connectivity index (χ2n) is 2.48. The Hall–Kier alpha value is -0.120. The number of rotatable bonds is 3. The van der Waals surface area contributed by atoms with Gasteiger partial charge in [-0.3, -0.25) is 0 Å². The predicted molar refractivity (Wildman–Crippen MR) is 33.9 cm³/mol. The van der Waals surface area contributed by atoms with Crippen molar-refractivity contribution in [3.05, 3.63) is 0 Å². The highest BCUT2D eigenvalue weighted by Gasteiger charge is 2.17. The molecule has 0 heterocycles. The van der Waals surface area contributed by atoms with Crippen molar-refractivity contribution in [2.75, 3.05) is 6.61 Å². The van der Waals surface area contributed by atoms with E-state index in [2.05, 4.69) is 0 Å². The summed E-state index contributed by atoms with van der Waals surface area (Å²) in [7, 11) is 0. The Labute approximate surface area is 54.9 Å². The SMILES string of the molecule is CC(C)C(O)C(O)CO. The van der Waals surface area contributed by atoms with Crippen LogP contribution in [0.1, 0.15) is 13.8 Å². The van der Waals surface area contributed by atoms with Crippen LogP contribution in [0.4, 0.5) is 0 Å². The van der Waals surface area contributed by atoms with Gasteiger partial charge in [-0.25, -0.2) is 0 Å². The largest absolute Gasteiger partial charge is 0.394 e. The first-order chi connectivity index (χ1) is 4.09. The molecule has 3 heteroatoms. The van der Waals surface area contributed by atoms with Crippen molar-refractivity contribution in [1.29, 1.82) is 0 Å². The minimum atomic E-state index is -0.995. The van der Waals surface area contributed by atoms with Crippen LogP contribution in [0.5, 0.6) is 0 Å². The fourth-order valence-electron chi connectivity index (χ4n) is 0.552. The summed E-state index contributed by atoms with van der Waals surface area (Å²) in [5.41, 5.74) is 0. The van der Waals surface area contributed by atoms with Crippen LogP contribution in [0.25, 0.3) is 0 Å². The number of aliphatic hydroxyl groups is 3.